The maximum absolute atomic E-state index is 14.2. The molecule has 0 aliphatic carbocycles. The molecule has 2 amide bonds. The first-order chi connectivity index (χ1) is 19.3. The van der Waals surface area contributed by atoms with Gasteiger partial charge in [-0.2, -0.15) is 4.31 Å². The Balaban J connectivity index is 1.39. The Morgan fingerprint density at radius 1 is 0.900 bits per heavy atom. The number of benzene rings is 4. The van der Waals surface area contributed by atoms with Gasteiger partial charge in [0.1, 0.15) is 11.8 Å². The van der Waals surface area contributed by atoms with Gasteiger partial charge in [0.15, 0.2) is 11.5 Å². The predicted octanol–water partition coefficient (Wildman–Crippen LogP) is 4.49. The third-order valence-electron chi connectivity index (χ3n) is 6.98. The minimum Gasteiger partial charge on any atom is -0.494 e. The van der Waals surface area contributed by atoms with E-state index in [0.717, 1.165) is 20.0 Å². The van der Waals surface area contributed by atoms with Crippen LogP contribution in [-0.2, 0) is 26.2 Å². The molecule has 2 aliphatic rings. The van der Waals surface area contributed by atoms with Crippen molar-refractivity contribution in [1.29, 1.82) is 0 Å². The zero-order chi connectivity index (χ0) is 27.9. The van der Waals surface area contributed by atoms with Crippen LogP contribution >= 0.6 is 0 Å². The summed E-state index contributed by atoms with van der Waals surface area (Å²) in [6, 6.07) is 22.7. The molecular formula is C30H26N2O7S. The van der Waals surface area contributed by atoms with Gasteiger partial charge in [-0.1, -0.05) is 36.4 Å². The fourth-order valence-corrected chi connectivity index (χ4v) is 6.62. The van der Waals surface area contributed by atoms with Crippen molar-refractivity contribution in [3.63, 3.8) is 0 Å². The van der Waals surface area contributed by atoms with Crippen molar-refractivity contribution in [1.82, 2.24) is 4.31 Å². The normalized spacial score (nSPS) is 16.8. The van der Waals surface area contributed by atoms with Crippen molar-refractivity contribution in [2.24, 2.45) is 0 Å². The van der Waals surface area contributed by atoms with E-state index in [0.29, 0.717) is 35.1 Å². The van der Waals surface area contributed by atoms with E-state index >= 15 is 0 Å². The van der Waals surface area contributed by atoms with Crippen LogP contribution in [-0.4, -0.2) is 44.0 Å². The monoisotopic (exact) mass is 558 g/mol. The maximum atomic E-state index is 14.2. The number of carbonyl (C=O) groups excluding carboxylic acids is 2. The molecule has 4 aromatic carbocycles. The van der Waals surface area contributed by atoms with Gasteiger partial charge in [-0.15, -0.1) is 0 Å². The Hall–Kier alpha value is -4.41. The smallest absolute Gasteiger partial charge is 0.252 e. The first-order valence-electron chi connectivity index (χ1n) is 12.8. The summed E-state index contributed by atoms with van der Waals surface area (Å²) in [5.41, 5.74) is 0.945. The number of rotatable bonds is 8. The fourth-order valence-electron chi connectivity index (χ4n) is 5.02. The van der Waals surface area contributed by atoms with Gasteiger partial charge >= 0.3 is 0 Å². The summed E-state index contributed by atoms with van der Waals surface area (Å²) in [6.07, 6.45) is -0.288. The summed E-state index contributed by atoms with van der Waals surface area (Å²) in [5, 5.41) is 1.63. The highest BCUT2D eigenvalue weighted by molar-refractivity contribution is 7.89. The SMILES string of the molecule is CCOc1ccc(N2C(=O)CC(N(Cc3ccc4c(c3)OCO4)S(=O)(=O)c3ccc4ccccc4c3)C2=O)cc1. The van der Waals surface area contributed by atoms with Crippen LogP contribution in [0.4, 0.5) is 5.69 Å². The number of carbonyl (C=O) groups is 2. The molecule has 1 saturated heterocycles. The molecule has 40 heavy (non-hydrogen) atoms. The van der Waals surface area contributed by atoms with Crippen molar-refractivity contribution in [2.45, 2.75) is 30.8 Å². The van der Waals surface area contributed by atoms with E-state index in [1.54, 1.807) is 54.6 Å². The molecule has 2 aliphatic heterocycles. The van der Waals surface area contributed by atoms with Crippen LogP contribution in [0.2, 0.25) is 0 Å². The average Bonchev–Trinajstić information content (AvgIpc) is 3.55. The van der Waals surface area contributed by atoms with E-state index in [2.05, 4.69) is 0 Å². The number of fused-ring (bicyclic) bond motifs is 2. The van der Waals surface area contributed by atoms with Crippen LogP contribution in [0.5, 0.6) is 17.2 Å². The molecule has 0 bridgehead atoms. The summed E-state index contributed by atoms with van der Waals surface area (Å²) >= 11 is 0. The van der Waals surface area contributed by atoms with Crippen LogP contribution in [0.3, 0.4) is 0 Å². The largest absolute Gasteiger partial charge is 0.494 e. The molecular weight excluding hydrogens is 532 g/mol. The lowest BCUT2D eigenvalue weighted by molar-refractivity contribution is -0.122. The second-order valence-electron chi connectivity index (χ2n) is 9.46. The Labute approximate surface area is 231 Å². The van der Waals surface area contributed by atoms with E-state index < -0.39 is 27.9 Å². The van der Waals surface area contributed by atoms with Gasteiger partial charge in [0.05, 0.1) is 23.6 Å². The highest BCUT2D eigenvalue weighted by atomic mass is 32.2. The number of amides is 2. The van der Waals surface area contributed by atoms with Crippen LogP contribution in [0, 0.1) is 0 Å². The average molecular weight is 559 g/mol. The van der Waals surface area contributed by atoms with Crippen LogP contribution in [0.1, 0.15) is 18.9 Å². The van der Waals surface area contributed by atoms with Crippen molar-refractivity contribution >= 4 is 38.3 Å². The molecule has 1 fully saturated rings. The molecule has 0 aromatic heterocycles. The summed E-state index contributed by atoms with van der Waals surface area (Å²) in [4.78, 5) is 28.0. The van der Waals surface area contributed by atoms with Gasteiger partial charge in [0, 0.05) is 6.54 Å². The molecule has 2 heterocycles. The first-order valence-corrected chi connectivity index (χ1v) is 14.3. The van der Waals surface area contributed by atoms with E-state index in [1.165, 1.54) is 6.07 Å². The van der Waals surface area contributed by atoms with Gasteiger partial charge in [-0.05, 0) is 71.8 Å². The number of hydrogen-bond donors (Lipinski definition) is 0. The molecule has 6 rings (SSSR count). The number of imide groups is 1. The molecule has 10 heteroatoms. The highest BCUT2D eigenvalue weighted by Gasteiger charge is 2.47. The third kappa shape index (κ3) is 4.65. The Kier molecular flexibility index (Phi) is 6.65. The van der Waals surface area contributed by atoms with Crippen molar-refractivity contribution in [3.05, 3.63) is 90.5 Å². The Bertz CT molecular complexity index is 1720. The number of ether oxygens (including phenoxy) is 3. The van der Waals surface area contributed by atoms with Crippen LogP contribution < -0.4 is 19.1 Å². The number of anilines is 1. The number of sulfonamides is 1. The number of nitrogens with zero attached hydrogens (tertiary/aromatic N) is 2. The molecule has 204 valence electrons. The zero-order valence-electron chi connectivity index (χ0n) is 21.6. The third-order valence-corrected chi connectivity index (χ3v) is 8.83. The van der Waals surface area contributed by atoms with Gasteiger partial charge in [-0.3, -0.25) is 9.59 Å². The lowest BCUT2D eigenvalue weighted by atomic mass is 10.1. The molecule has 4 aromatic rings. The summed E-state index contributed by atoms with van der Waals surface area (Å²) in [7, 11) is -4.22. The molecule has 9 nitrogen and oxygen atoms in total. The van der Waals surface area contributed by atoms with E-state index in [-0.39, 0.29) is 24.7 Å². The second-order valence-corrected chi connectivity index (χ2v) is 11.4. The van der Waals surface area contributed by atoms with Crippen molar-refractivity contribution < 1.29 is 32.2 Å². The van der Waals surface area contributed by atoms with Crippen LogP contribution in [0.25, 0.3) is 10.8 Å². The summed E-state index contributed by atoms with van der Waals surface area (Å²) in [5.74, 6) is 0.555. The topological polar surface area (TPSA) is 102 Å². The minimum atomic E-state index is -4.22. The van der Waals surface area contributed by atoms with Gasteiger partial charge in [-0.25, -0.2) is 13.3 Å². The minimum absolute atomic E-state index is 0.0340. The van der Waals surface area contributed by atoms with E-state index in [4.69, 9.17) is 14.2 Å². The molecule has 0 N–H and O–H groups in total. The van der Waals surface area contributed by atoms with E-state index in [1.807, 2.05) is 31.2 Å². The molecule has 1 unspecified atom stereocenters. The lowest BCUT2D eigenvalue weighted by Gasteiger charge is -2.27. The maximum Gasteiger partial charge on any atom is 0.252 e. The molecule has 1 atom stereocenters. The number of hydrogen-bond acceptors (Lipinski definition) is 7. The summed E-state index contributed by atoms with van der Waals surface area (Å²) < 4.78 is 45.8. The molecule has 0 saturated carbocycles. The van der Waals surface area contributed by atoms with Gasteiger partial charge in [0.2, 0.25) is 22.7 Å². The van der Waals surface area contributed by atoms with Crippen molar-refractivity contribution in [3.8, 4) is 17.2 Å². The van der Waals surface area contributed by atoms with Crippen molar-refractivity contribution in [2.75, 3.05) is 18.3 Å². The predicted molar refractivity (Wildman–Crippen MR) is 148 cm³/mol. The standard InChI is InChI=1S/C30H26N2O7S/c1-2-37-24-11-9-23(10-12-24)32-29(33)17-26(30(32)34)31(18-20-7-14-27-28(15-20)39-19-38-27)40(35,36)25-13-8-21-5-3-4-6-22(21)16-25/h3-16,26H,2,17-19H2,1H3. The van der Waals surface area contributed by atoms with Gasteiger partial charge in [0.25, 0.3) is 5.91 Å². The lowest BCUT2D eigenvalue weighted by Crippen LogP contribution is -2.45. The quantitative estimate of drug-likeness (QED) is 0.294. The van der Waals surface area contributed by atoms with E-state index in [9.17, 15) is 18.0 Å². The Morgan fingerprint density at radius 3 is 2.42 bits per heavy atom. The zero-order valence-corrected chi connectivity index (χ0v) is 22.5. The summed E-state index contributed by atoms with van der Waals surface area (Å²) in [6.45, 7) is 2.26. The Morgan fingerprint density at radius 2 is 1.65 bits per heavy atom. The van der Waals surface area contributed by atoms with Crippen LogP contribution in [0.15, 0.2) is 89.8 Å². The first kappa shape index (κ1) is 25.8. The molecule has 0 spiro atoms. The second kappa shape index (κ2) is 10.3. The highest BCUT2D eigenvalue weighted by Crippen LogP contribution is 2.36. The molecule has 0 radical (unpaired) electrons. The van der Waals surface area contributed by atoms with Gasteiger partial charge < -0.3 is 14.2 Å². The fraction of sp³-hybridized carbons (Fsp3) is 0.200.